The number of amides is 4. The lowest BCUT2D eigenvalue weighted by atomic mass is 9.90. The zero-order chi connectivity index (χ0) is 31.6. The number of benzene rings is 2. The third-order valence-electron chi connectivity index (χ3n) is 7.04. The summed E-state index contributed by atoms with van der Waals surface area (Å²) in [4.78, 5) is 75.4. The van der Waals surface area contributed by atoms with Crippen LogP contribution in [0.25, 0.3) is 0 Å². The minimum atomic E-state index is -1.26. The van der Waals surface area contributed by atoms with Crippen molar-refractivity contribution in [3.05, 3.63) is 71.8 Å². The van der Waals surface area contributed by atoms with E-state index in [9.17, 15) is 28.8 Å². The van der Waals surface area contributed by atoms with Gasteiger partial charge in [0.15, 0.2) is 11.6 Å². The van der Waals surface area contributed by atoms with Crippen molar-refractivity contribution in [2.24, 2.45) is 23.1 Å². The molecule has 4 amide bonds. The van der Waals surface area contributed by atoms with Crippen LogP contribution in [0.4, 0.5) is 0 Å². The fourth-order valence-corrected chi connectivity index (χ4v) is 4.67. The first kappa shape index (κ1) is 34.8. The molecule has 0 aromatic heterocycles. The number of ketones is 2. The van der Waals surface area contributed by atoms with Gasteiger partial charge >= 0.3 is 0 Å². The maximum absolute atomic E-state index is 13.7. The maximum Gasteiger partial charge on any atom is 0.224 e. The van der Waals surface area contributed by atoms with E-state index in [1.54, 1.807) is 0 Å². The van der Waals surface area contributed by atoms with E-state index in [4.69, 9.17) is 17.2 Å². The van der Waals surface area contributed by atoms with E-state index in [0.717, 1.165) is 11.1 Å². The van der Waals surface area contributed by atoms with Gasteiger partial charge in [-0.2, -0.15) is 0 Å². The number of rotatable bonds is 21. The van der Waals surface area contributed by atoms with Gasteiger partial charge in [-0.3, -0.25) is 28.8 Å². The molecule has 0 saturated carbocycles. The van der Waals surface area contributed by atoms with Crippen LogP contribution >= 0.6 is 0 Å². The van der Waals surface area contributed by atoms with Crippen molar-refractivity contribution in [1.29, 1.82) is 0 Å². The van der Waals surface area contributed by atoms with E-state index in [1.165, 1.54) is 0 Å². The van der Waals surface area contributed by atoms with E-state index >= 15 is 0 Å². The Kier molecular flexibility index (Phi) is 15.3. The van der Waals surface area contributed by atoms with E-state index in [-0.39, 0.29) is 43.8 Å². The predicted molar refractivity (Wildman–Crippen MR) is 162 cm³/mol. The average molecular weight is 594 g/mol. The first-order valence-electron chi connectivity index (χ1n) is 14.6. The number of carbonyl (C=O) groups is 6. The number of nitrogens with two attached hydrogens (primary N) is 3. The molecule has 0 heterocycles. The predicted octanol–water partition coefficient (Wildman–Crippen LogP) is 1.25. The van der Waals surface area contributed by atoms with Crippen LogP contribution in [0.3, 0.4) is 0 Å². The van der Waals surface area contributed by atoms with Crippen LogP contribution < -0.4 is 27.8 Å². The average Bonchev–Trinajstić information content (AvgIpc) is 2.98. The van der Waals surface area contributed by atoms with E-state index < -0.39 is 47.9 Å². The number of hydrogen-bond acceptors (Lipinski definition) is 7. The summed E-state index contributed by atoms with van der Waals surface area (Å²) in [7, 11) is 0. The van der Waals surface area contributed by atoms with Crippen LogP contribution in [0.15, 0.2) is 60.7 Å². The molecule has 11 nitrogen and oxygen atoms in total. The van der Waals surface area contributed by atoms with Crippen molar-refractivity contribution >= 4 is 35.2 Å². The molecule has 2 aromatic carbocycles. The number of nitrogens with one attached hydrogen (secondary N) is 2. The highest BCUT2D eigenvalue weighted by Crippen LogP contribution is 2.18. The van der Waals surface area contributed by atoms with Crippen molar-refractivity contribution in [3.8, 4) is 0 Å². The lowest BCUT2D eigenvalue weighted by molar-refractivity contribution is -0.134. The molecule has 0 unspecified atom stereocenters. The quantitative estimate of drug-likeness (QED) is 0.134. The fraction of sp³-hybridized carbons (Fsp3) is 0.438. The molecule has 2 aromatic rings. The second-order valence-corrected chi connectivity index (χ2v) is 10.6. The second-order valence-electron chi connectivity index (χ2n) is 10.6. The zero-order valence-corrected chi connectivity index (χ0v) is 24.5. The van der Waals surface area contributed by atoms with Gasteiger partial charge in [-0.15, -0.1) is 0 Å². The largest absolute Gasteiger partial charge is 0.370 e. The highest BCUT2D eigenvalue weighted by Gasteiger charge is 2.31. The SMILES string of the molecule is NCCCC[C@H](CC(=O)[C@H](Cc1ccccc1)NC(=O)CCc1ccccc1)C(=O)N[C@@H](CC(N)=O)C(=O)CCC(N)=O. The smallest absolute Gasteiger partial charge is 0.224 e. The van der Waals surface area contributed by atoms with Gasteiger partial charge in [0.2, 0.25) is 23.6 Å². The van der Waals surface area contributed by atoms with Crippen molar-refractivity contribution in [3.63, 3.8) is 0 Å². The standard InChI is InChI=1S/C32H43N5O6/c33-18-8-7-13-24(32(43)37-26(21-30(35)41)27(38)15-16-29(34)40)20-28(39)25(19-23-11-5-2-6-12-23)36-31(42)17-14-22-9-3-1-4-10-22/h1-6,9-12,24-26H,7-8,13-21,33H2,(H2,34,40)(H2,35,41)(H,36,42)(H,37,43)/t24-,25+,26+/m1/s1. The minimum absolute atomic E-state index is 0.186. The summed E-state index contributed by atoms with van der Waals surface area (Å²) in [5, 5.41) is 5.42. The number of aryl methyl sites for hydroxylation is 1. The summed E-state index contributed by atoms with van der Waals surface area (Å²) in [6.07, 6.45) is 1.23. The third-order valence-corrected chi connectivity index (χ3v) is 7.04. The molecule has 0 aliphatic carbocycles. The zero-order valence-electron chi connectivity index (χ0n) is 24.5. The molecular weight excluding hydrogens is 550 g/mol. The Morgan fingerprint density at radius 3 is 1.86 bits per heavy atom. The lowest BCUT2D eigenvalue weighted by Crippen LogP contribution is -2.48. The molecule has 43 heavy (non-hydrogen) atoms. The van der Waals surface area contributed by atoms with Crippen LogP contribution in [-0.2, 0) is 41.6 Å². The molecular formula is C32H43N5O6. The summed E-state index contributed by atoms with van der Waals surface area (Å²) >= 11 is 0. The number of unbranched alkanes of at least 4 members (excludes halogenated alkanes) is 1. The monoisotopic (exact) mass is 593 g/mol. The number of hydrogen-bond donors (Lipinski definition) is 5. The summed E-state index contributed by atoms with van der Waals surface area (Å²) in [6, 6.07) is 16.6. The highest BCUT2D eigenvalue weighted by molar-refractivity contribution is 5.96. The lowest BCUT2D eigenvalue weighted by Gasteiger charge is -2.24. The summed E-state index contributed by atoms with van der Waals surface area (Å²) in [6.45, 7) is 0.395. The Labute approximate surface area is 252 Å². The molecule has 8 N–H and O–H groups in total. The molecule has 0 fully saturated rings. The van der Waals surface area contributed by atoms with Gasteiger partial charge in [0.05, 0.1) is 18.5 Å². The van der Waals surface area contributed by atoms with Gasteiger partial charge in [0.25, 0.3) is 0 Å². The van der Waals surface area contributed by atoms with Gasteiger partial charge in [0, 0.05) is 31.6 Å². The van der Waals surface area contributed by atoms with Crippen molar-refractivity contribution in [2.45, 2.75) is 76.3 Å². The summed E-state index contributed by atoms with van der Waals surface area (Å²) < 4.78 is 0. The molecule has 0 saturated heterocycles. The topological polar surface area (TPSA) is 205 Å². The first-order valence-corrected chi connectivity index (χ1v) is 14.6. The Hall–Kier alpha value is -4.38. The Morgan fingerprint density at radius 1 is 0.651 bits per heavy atom. The molecule has 0 aliphatic rings. The van der Waals surface area contributed by atoms with Gasteiger partial charge in [0.1, 0.15) is 0 Å². The Bertz CT molecular complexity index is 1220. The second kappa shape index (κ2) is 18.9. The third kappa shape index (κ3) is 13.9. The number of carbonyl (C=O) groups excluding carboxylic acids is 6. The van der Waals surface area contributed by atoms with Crippen molar-refractivity contribution in [2.75, 3.05) is 6.54 Å². The van der Waals surface area contributed by atoms with E-state index in [1.807, 2.05) is 60.7 Å². The first-order chi connectivity index (χ1) is 20.6. The Balaban J connectivity index is 2.19. The van der Waals surface area contributed by atoms with Crippen LogP contribution in [0.1, 0.15) is 62.5 Å². The van der Waals surface area contributed by atoms with E-state index in [0.29, 0.717) is 32.2 Å². The number of primary amides is 2. The molecule has 2 rings (SSSR count). The van der Waals surface area contributed by atoms with Gasteiger partial charge < -0.3 is 27.8 Å². The molecule has 3 atom stereocenters. The fourth-order valence-electron chi connectivity index (χ4n) is 4.67. The normalized spacial score (nSPS) is 12.9. The summed E-state index contributed by atoms with van der Waals surface area (Å²) in [5.41, 5.74) is 17.9. The van der Waals surface area contributed by atoms with Crippen LogP contribution in [0, 0.1) is 5.92 Å². The molecule has 0 bridgehead atoms. The minimum Gasteiger partial charge on any atom is -0.370 e. The molecule has 0 aliphatic heterocycles. The molecule has 11 heteroatoms. The van der Waals surface area contributed by atoms with Crippen molar-refractivity contribution in [1.82, 2.24) is 10.6 Å². The van der Waals surface area contributed by atoms with Gasteiger partial charge in [-0.1, -0.05) is 67.1 Å². The van der Waals surface area contributed by atoms with E-state index in [2.05, 4.69) is 10.6 Å². The Morgan fingerprint density at radius 2 is 1.28 bits per heavy atom. The van der Waals surface area contributed by atoms with Crippen LogP contribution in [-0.4, -0.2) is 53.8 Å². The van der Waals surface area contributed by atoms with Gasteiger partial charge in [-0.25, -0.2) is 0 Å². The van der Waals surface area contributed by atoms with Crippen molar-refractivity contribution < 1.29 is 28.8 Å². The molecule has 0 spiro atoms. The van der Waals surface area contributed by atoms with Crippen LogP contribution in [0.5, 0.6) is 0 Å². The highest BCUT2D eigenvalue weighted by atomic mass is 16.2. The maximum atomic E-state index is 13.7. The molecule has 232 valence electrons. The number of Topliss-reactive ketones (excluding diaryl/α,β-unsaturated/α-hetero) is 2. The van der Waals surface area contributed by atoms with Crippen LogP contribution in [0.2, 0.25) is 0 Å². The summed E-state index contributed by atoms with van der Waals surface area (Å²) in [5.74, 6) is -4.14. The van der Waals surface area contributed by atoms with Gasteiger partial charge in [-0.05, 0) is 43.4 Å². The molecule has 0 radical (unpaired) electrons.